The monoisotopic (exact) mass is 431 g/mol. The van der Waals surface area contributed by atoms with Crippen LogP contribution in [0.2, 0.25) is 0 Å². The second-order valence-corrected chi connectivity index (χ2v) is 10.5. The summed E-state index contributed by atoms with van der Waals surface area (Å²) >= 11 is 0. The fraction of sp³-hybridized carbons (Fsp3) is 0.556. The predicted octanol–water partition coefficient (Wildman–Crippen LogP) is 3.49. The highest BCUT2D eigenvalue weighted by Gasteiger charge is 2.61. The summed E-state index contributed by atoms with van der Waals surface area (Å²) in [7, 11) is 0. The van der Waals surface area contributed by atoms with Crippen LogP contribution >= 0.6 is 0 Å². The number of aliphatic hydroxyl groups excluding tert-OH is 1. The van der Waals surface area contributed by atoms with Crippen LogP contribution in [-0.2, 0) is 10.2 Å². The van der Waals surface area contributed by atoms with Crippen molar-refractivity contribution in [1.82, 2.24) is 9.88 Å². The highest BCUT2D eigenvalue weighted by molar-refractivity contribution is 5.78. The molecule has 5 heteroatoms. The van der Waals surface area contributed by atoms with E-state index in [1.54, 1.807) is 0 Å². The Balaban J connectivity index is 1.23. The van der Waals surface area contributed by atoms with Gasteiger partial charge in [0.15, 0.2) is 0 Å². The lowest BCUT2D eigenvalue weighted by atomic mass is 9.42. The van der Waals surface area contributed by atoms with Gasteiger partial charge in [-0.15, -0.1) is 0 Å². The molecular formula is C27H33N3O2. The van der Waals surface area contributed by atoms with Crippen LogP contribution in [0.1, 0.15) is 37.7 Å². The van der Waals surface area contributed by atoms with Crippen LogP contribution in [0.25, 0.3) is 0 Å². The van der Waals surface area contributed by atoms with Crippen LogP contribution in [0.4, 0.5) is 5.69 Å². The van der Waals surface area contributed by atoms with E-state index in [1.165, 1.54) is 11.3 Å². The number of aliphatic hydroxyl groups is 1. The molecule has 5 nitrogen and oxygen atoms in total. The van der Waals surface area contributed by atoms with E-state index in [-0.39, 0.29) is 11.5 Å². The molecule has 1 saturated heterocycles. The average Bonchev–Trinajstić information content (AvgIpc) is 2.84. The van der Waals surface area contributed by atoms with Gasteiger partial charge in [0, 0.05) is 56.1 Å². The third kappa shape index (κ3) is 3.16. The van der Waals surface area contributed by atoms with Gasteiger partial charge < -0.3 is 14.9 Å². The topological polar surface area (TPSA) is 56.7 Å². The fourth-order valence-electron chi connectivity index (χ4n) is 7.71. The third-order valence-corrected chi connectivity index (χ3v) is 9.19. The van der Waals surface area contributed by atoms with Gasteiger partial charge in [0.1, 0.15) is 0 Å². The molecule has 1 aromatic heterocycles. The van der Waals surface area contributed by atoms with Gasteiger partial charge in [0.25, 0.3) is 0 Å². The maximum absolute atomic E-state index is 13.7. The van der Waals surface area contributed by atoms with Crippen molar-refractivity contribution < 1.29 is 9.90 Å². The first-order chi connectivity index (χ1) is 15.6. The Bertz CT molecular complexity index is 925. The number of benzene rings is 1. The largest absolute Gasteiger partial charge is 0.393 e. The molecule has 1 amide bonds. The number of pyridine rings is 1. The molecular weight excluding hydrogens is 398 g/mol. The molecule has 2 aromatic rings. The van der Waals surface area contributed by atoms with Gasteiger partial charge in [-0.25, -0.2) is 0 Å². The van der Waals surface area contributed by atoms with Gasteiger partial charge >= 0.3 is 0 Å². The van der Waals surface area contributed by atoms with E-state index < -0.39 is 0 Å². The van der Waals surface area contributed by atoms with E-state index in [1.807, 2.05) is 24.5 Å². The highest BCUT2D eigenvalue weighted by Crippen LogP contribution is 2.64. The molecule has 5 aliphatic rings. The van der Waals surface area contributed by atoms with E-state index in [0.717, 1.165) is 51.9 Å². The number of aromatic nitrogens is 1. The zero-order valence-electron chi connectivity index (χ0n) is 18.6. The zero-order chi connectivity index (χ0) is 21.7. The van der Waals surface area contributed by atoms with E-state index >= 15 is 0 Å². The van der Waals surface area contributed by atoms with E-state index in [2.05, 4.69) is 45.1 Å². The minimum Gasteiger partial charge on any atom is -0.393 e. The summed E-state index contributed by atoms with van der Waals surface area (Å²) in [4.78, 5) is 22.3. The van der Waals surface area contributed by atoms with Gasteiger partial charge in [0.2, 0.25) is 5.91 Å². The van der Waals surface area contributed by atoms with Crippen LogP contribution in [-0.4, -0.2) is 53.2 Å². The summed E-state index contributed by atoms with van der Waals surface area (Å²) < 4.78 is 0. The van der Waals surface area contributed by atoms with Crippen molar-refractivity contribution in [1.29, 1.82) is 0 Å². The molecule has 1 aromatic carbocycles. The molecule has 2 heterocycles. The number of rotatable bonds is 4. The number of carbonyl (C=O) groups is 1. The molecule has 0 radical (unpaired) electrons. The van der Waals surface area contributed by atoms with Crippen LogP contribution in [0.5, 0.6) is 0 Å². The maximum Gasteiger partial charge on any atom is 0.223 e. The Hall–Kier alpha value is -2.40. The number of piperazine rings is 1. The quantitative estimate of drug-likeness (QED) is 0.805. The second kappa shape index (κ2) is 7.87. The molecule has 4 aliphatic carbocycles. The van der Waals surface area contributed by atoms with E-state index in [9.17, 15) is 9.90 Å². The van der Waals surface area contributed by atoms with Crippen molar-refractivity contribution in [2.75, 3.05) is 31.1 Å². The number of hydrogen-bond acceptors (Lipinski definition) is 4. The minimum atomic E-state index is -0.117. The van der Waals surface area contributed by atoms with Gasteiger partial charge in [-0.1, -0.05) is 30.3 Å². The summed E-state index contributed by atoms with van der Waals surface area (Å²) in [6.45, 7) is 3.31. The Kier molecular flexibility index (Phi) is 4.98. The molecule has 7 rings (SSSR count). The zero-order valence-corrected chi connectivity index (χ0v) is 18.6. The smallest absolute Gasteiger partial charge is 0.223 e. The summed E-state index contributed by atoms with van der Waals surface area (Å²) in [5.74, 6) is 2.22. The molecule has 32 heavy (non-hydrogen) atoms. The molecule has 168 valence electrons. The fourth-order valence-corrected chi connectivity index (χ4v) is 7.71. The number of hydrogen-bond donors (Lipinski definition) is 1. The number of amides is 1. The molecule has 0 spiro atoms. The van der Waals surface area contributed by atoms with Crippen molar-refractivity contribution in [2.24, 2.45) is 23.7 Å². The lowest BCUT2D eigenvalue weighted by Gasteiger charge is -2.63. The van der Waals surface area contributed by atoms with Gasteiger partial charge in [0.05, 0.1) is 6.10 Å². The van der Waals surface area contributed by atoms with Crippen LogP contribution in [0.3, 0.4) is 0 Å². The summed E-state index contributed by atoms with van der Waals surface area (Å²) in [6, 6.07) is 15.0. The van der Waals surface area contributed by atoms with Crippen LogP contribution in [0.15, 0.2) is 54.9 Å². The Morgan fingerprint density at radius 3 is 2.09 bits per heavy atom. The number of carbonyl (C=O) groups excluding carboxylic acids is 1. The van der Waals surface area contributed by atoms with Crippen LogP contribution in [0, 0.1) is 23.7 Å². The molecule has 1 N–H and O–H groups in total. The normalized spacial score (nSPS) is 35.8. The lowest BCUT2D eigenvalue weighted by molar-refractivity contribution is -0.153. The summed E-state index contributed by atoms with van der Waals surface area (Å²) in [5, 5.41) is 10.7. The molecule has 5 fully saturated rings. The Labute approximate surface area is 190 Å². The molecule has 0 atom stereocenters. The highest BCUT2D eigenvalue weighted by atomic mass is 16.3. The molecule has 4 bridgehead atoms. The van der Waals surface area contributed by atoms with Crippen molar-refractivity contribution in [3.05, 3.63) is 60.4 Å². The molecule has 0 unspecified atom stereocenters. The number of anilines is 1. The molecule has 1 aliphatic heterocycles. The SMILES string of the molecule is O=C(CC1(c2ccccc2)C2CC3CC1CC(C2)C3O)N1CCN(c2ccncc2)CC1. The van der Waals surface area contributed by atoms with Gasteiger partial charge in [-0.3, -0.25) is 9.78 Å². The maximum atomic E-state index is 13.7. The first-order valence-electron chi connectivity index (χ1n) is 12.3. The van der Waals surface area contributed by atoms with Gasteiger partial charge in [-0.2, -0.15) is 0 Å². The van der Waals surface area contributed by atoms with Crippen molar-refractivity contribution in [2.45, 2.75) is 43.6 Å². The van der Waals surface area contributed by atoms with E-state index in [0.29, 0.717) is 36.0 Å². The standard InChI is InChI=1S/C27H33N3O2/c31-25(30-12-10-29(11-13-30)24-6-8-28-9-7-24)18-27(21-4-2-1-3-5-21)22-14-19-15-23(27)17-20(16-22)26(19)32/h1-9,19-20,22-23,26,32H,10-18H2. The first-order valence-corrected chi connectivity index (χ1v) is 12.3. The van der Waals surface area contributed by atoms with Gasteiger partial charge in [-0.05, 0) is 67.1 Å². The van der Waals surface area contributed by atoms with Crippen molar-refractivity contribution >= 4 is 11.6 Å². The number of nitrogens with zero attached hydrogens (tertiary/aromatic N) is 3. The van der Waals surface area contributed by atoms with Crippen molar-refractivity contribution in [3.8, 4) is 0 Å². The Morgan fingerprint density at radius 2 is 1.50 bits per heavy atom. The summed E-state index contributed by atoms with van der Waals surface area (Å²) in [6.07, 6.45) is 8.47. The lowest BCUT2D eigenvalue weighted by Crippen LogP contribution is -2.61. The third-order valence-electron chi connectivity index (χ3n) is 9.19. The average molecular weight is 432 g/mol. The van der Waals surface area contributed by atoms with E-state index in [4.69, 9.17) is 0 Å². The van der Waals surface area contributed by atoms with Crippen molar-refractivity contribution in [3.63, 3.8) is 0 Å². The van der Waals surface area contributed by atoms with Crippen LogP contribution < -0.4 is 4.90 Å². The second-order valence-electron chi connectivity index (χ2n) is 10.5. The summed E-state index contributed by atoms with van der Waals surface area (Å²) in [5.41, 5.74) is 2.48. The first kappa shape index (κ1) is 20.2. The minimum absolute atomic E-state index is 0.0618. The predicted molar refractivity (Wildman–Crippen MR) is 124 cm³/mol. The Morgan fingerprint density at radius 1 is 0.906 bits per heavy atom. The molecule has 4 saturated carbocycles.